The first-order valence-corrected chi connectivity index (χ1v) is 8.29. The third kappa shape index (κ3) is 3.17. The van der Waals surface area contributed by atoms with Crippen molar-refractivity contribution in [3.05, 3.63) is 28.5 Å². The average Bonchev–Trinajstić information content (AvgIpc) is 2.42. The van der Waals surface area contributed by atoms with Gasteiger partial charge in [0.15, 0.2) is 0 Å². The fourth-order valence-corrected chi connectivity index (χ4v) is 3.63. The zero-order valence-electron chi connectivity index (χ0n) is 12.5. The maximum Gasteiger partial charge on any atom is 0.147 e. The summed E-state index contributed by atoms with van der Waals surface area (Å²) in [6.45, 7) is 8.60. The van der Waals surface area contributed by atoms with Gasteiger partial charge in [-0.25, -0.2) is 4.39 Å². The predicted molar refractivity (Wildman–Crippen MR) is 86.8 cm³/mol. The van der Waals surface area contributed by atoms with Gasteiger partial charge in [-0.3, -0.25) is 0 Å². The molecule has 1 aromatic rings. The summed E-state index contributed by atoms with van der Waals surface area (Å²) in [7, 11) is 0. The highest BCUT2D eigenvalue weighted by Crippen LogP contribution is 2.35. The molecule has 3 atom stereocenters. The zero-order valence-corrected chi connectivity index (χ0v) is 14.1. The van der Waals surface area contributed by atoms with Gasteiger partial charge in [-0.15, -0.1) is 0 Å². The van der Waals surface area contributed by atoms with E-state index < -0.39 is 0 Å². The molecule has 0 aromatic heterocycles. The fraction of sp³-hybridized carbons (Fsp3) is 0.625. The summed E-state index contributed by atoms with van der Waals surface area (Å²) in [5.74, 6) is 0.361. The molecule has 0 radical (unpaired) electrons. The van der Waals surface area contributed by atoms with Crippen molar-refractivity contribution in [1.29, 1.82) is 0 Å². The normalized spacial score (nSPS) is 26.9. The minimum atomic E-state index is -0.140. The Balaban J connectivity index is 2.16. The molecule has 2 nitrogen and oxygen atoms in total. The lowest BCUT2D eigenvalue weighted by Crippen LogP contribution is -2.54. The van der Waals surface area contributed by atoms with Gasteiger partial charge >= 0.3 is 0 Å². The van der Waals surface area contributed by atoms with Crippen LogP contribution in [0.2, 0.25) is 0 Å². The number of anilines is 1. The molecule has 1 aromatic carbocycles. The summed E-state index contributed by atoms with van der Waals surface area (Å²) in [6.07, 6.45) is 2.21. The van der Waals surface area contributed by atoms with Gasteiger partial charge in [-0.05, 0) is 60.3 Å². The molecule has 0 bridgehead atoms. The van der Waals surface area contributed by atoms with Gasteiger partial charge in [0, 0.05) is 23.1 Å². The smallest absolute Gasteiger partial charge is 0.147 e. The Morgan fingerprint density at radius 3 is 2.80 bits per heavy atom. The van der Waals surface area contributed by atoms with Crippen LogP contribution in [0.1, 0.15) is 33.6 Å². The fourth-order valence-electron chi connectivity index (χ4n) is 3.06. The Morgan fingerprint density at radius 1 is 1.40 bits per heavy atom. The summed E-state index contributed by atoms with van der Waals surface area (Å²) in [5, 5.41) is 3.62. The van der Waals surface area contributed by atoms with Gasteiger partial charge in [0.05, 0.1) is 5.69 Å². The zero-order chi connectivity index (χ0) is 14.7. The van der Waals surface area contributed by atoms with Crippen LogP contribution >= 0.6 is 15.9 Å². The quantitative estimate of drug-likeness (QED) is 0.882. The summed E-state index contributed by atoms with van der Waals surface area (Å²) >= 11 is 3.49. The number of halogens is 2. The molecule has 1 aliphatic rings. The van der Waals surface area contributed by atoms with Crippen LogP contribution in [0.5, 0.6) is 0 Å². The number of piperidine rings is 1. The molecule has 2 rings (SSSR count). The molecular weight excluding hydrogens is 319 g/mol. The van der Waals surface area contributed by atoms with Gasteiger partial charge < -0.3 is 10.2 Å². The molecule has 4 heteroatoms. The molecule has 3 unspecified atom stereocenters. The number of rotatable bonds is 4. The van der Waals surface area contributed by atoms with Crippen molar-refractivity contribution in [3.63, 3.8) is 0 Å². The first kappa shape index (κ1) is 15.8. The van der Waals surface area contributed by atoms with Crippen molar-refractivity contribution in [3.8, 4) is 0 Å². The predicted octanol–water partition coefficient (Wildman–Crippen LogP) is 4.19. The standard InChI is InChI=1S/C16H24BrFN2/c1-4-9-19-15-8-10-20(12(3)11(15)2)16-13(17)6-5-7-14(16)18/h5-7,11-12,15,19H,4,8-10H2,1-3H3. The Morgan fingerprint density at radius 2 is 2.15 bits per heavy atom. The number of hydrogen-bond donors (Lipinski definition) is 1. The molecule has 1 aliphatic heterocycles. The van der Waals surface area contributed by atoms with Crippen LogP contribution < -0.4 is 10.2 Å². The lowest BCUT2D eigenvalue weighted by molar-refractivity contribution is 0.269. The number of nitrogens with zero attached hydrogens (tertiary/aromatic N) is 1. The van der Waals surface area contributed by atoms with E-state index >= 15 is 0 Å². The summed E-state index contributed by atoms with van der Waals surface area (Å²) < 4.78 is 15.0. The second-order valence-corrected chi connectivity index (χ2v) is 6.57. The van der Waals surface area contributed by atoms with Crippen LogP contribution in [0.4, 0.5) is 10.1 Å². The second kappa shape index (κ2) is 6.90. The van der Waals surface area contributed by atoms with Gasteiger partial charge in [0.1, 0.15) is 5.82 Å². The van der Waals surface area contributed by atoms with Crippen LogP contribution in [-0.4, -0.2) is 25.2 Å². The highest BCUT2D eigenvalue weighted by Gasteiger charge is 2.33. The molecule has 1 heterocycles. The van der Waals surface area contributed by atoms with Crippen molar-refractivity contribution < 1.29 is 4.39 Å². The Hall–Kier alpha value is -0.610. The highest BCUT2D eigenvalue weighted by molar-refractivity contribution is 9.10. The van der Waals surface area contributed by atoms with Crippen molar-refractivity contribution >= 4 is 21.6 Å². The van der Waals surface area contributed by atoms with Crippen molar-refractivity contribution in [1.82, 2.24) is 5.32 Å². The number of hydrogen-bond acceptors (Lipinski definition) is 2. The molecule has 0 saturated carbocycles. The minimum absolute atomic E-state index is 0.140. The molecule has 0 aliphatic carbocycles. The van der Waals surface area contributed by atoms with Crippen LogP contribution in [0.15, 0.2) is 22.7 Å². The third-order valence-corrected chi connectivity index (χ3v) is 5.09. The molecule has 20 heavy (non-hydrogen) atoms. The van der Waals surface area contributed by atoms with E-state index in [0.717, 1.165) is 30.4 Å². The molecule has 1 N–H and O–H groups in total. The average molecular weight is 343 g/mol. The maximum atomic E-state index is 14.1. The van der Waals surface area contributed by atoms with Crippen molar-refractivity contribution in [2.45, 2.75) is 45.7 Å². The third-order valence-electron chi connectivity index (χ3n) is 4.45. The molecule has 1 fully saturated rings. The van der Waals surface area contributed by atoms with Crippen molar-refractivity contribution in [2.24, 2.45) is 5.92 Å². The first-order valence-electron chi connectivity index (χ1n) is 7.50. The summed E-state index contributed by atoms with van der Waals surface area (Å²) in [5.41, 5.74) is 0.709. The van der Waals surface area contributed by atoms with E-state index in [2.05, 4.69) is 46.9 Å². The van der Waals surface area contributed by atoms with Crippen LogP contribution in [0, 0.1) is 11.7 Å². The molecule has 112 valence electrons. The van der Waals surface area contributed by atoms with E-state index in [1.807, 2.05) is 6.07 Å². The Labute approximate surface area is 129 Å². The van der Waals surface area contributed by atoms with E-state index in [0.29, 0.717) is 23.7 Å². The van der Waals surface area contributed by atoms with Gasteiger partial charge in [0.25, 0.3) is 0 Å². The van der Waals surface area contributed by atoms with E-state index in [-0.39, 0.29) is 5.82 Å². The molecule has 1 saturated heterocycles. The molecular formula is C16H24BrFN2. The van der Waals surface area contributed by atoms with Gasteiger partial charge in [-0.2, -0.15) is 0 Å². The van der Waals surface area contributed by atoms with Crippen LogP contribution in [0.3, 0.4) is 0 Å². The Bertz CT molecular complexity index is 432. The van der Waals surface area contributed by atoms with Gasteiger partial charge in [0.2, 0.25) is 0 Å². The van der Waals surface area contributed by atoms with E-state index in [9.17, 15) is 4.39 Å². The first-order chi connectivity index (χ1) is 9.56. The molecule has 0 amide bonds. The lowest BCUT2D eigenvalue weighted by Gasteiger charge is -2.44. The van der Waals surface area contributed by atoms with E-state index in [1.54, 1.807) is 12.1 Å². The van der Waals surface area contributed by atoms with Crippen LogP contribution in [0.25, 0.3) is 0 Å². The van der Waals surface area contributed by atoms with Crippen LogP contribution in [-0.2, 0) is 0 Å². The SMILES string of the molecule is CCCNC1CCN(c2c(F)cccc2Br)C(C)C1C. The molecule has 0 spiro atoms. The topological polar surface area (TPSA) is 15.3 Å². The summed E-state index contributed by atoms with van der Waals surface area (Å²) in [6, 6.07) is 6.06. The monoisotopic (exact) mass is 342 g/mol. The highest BCUT2D eigenvalue weighted by atomic mass is 79.9. The Kier molecular flexibility index (Phi) is 5.44. The number of para-hydroxylation sites is 1. The lowest BCUT2D eigenvalue weighted by atomic mass is 9.86. The number of benzene rings is 1. The minimum Gasteiger partial charge on any atom is -0.365 e. The summed E-state index contributed by atoms with van der Waals surface area (Å²) in [4.78, 5) is 2.20. The largest absolute Gasteiger partial charge is 0.365 e. The van der Waals surface area contributed by atoms with E-state index in [4.69, 9.17) is 0 Å². The second-order valence-electron chi connectivity index (χ2n) is 5.71. The van der Waals surface area contributed by atoms with Gasteiger partial charge in [-0.1, -0.05) is 19.9 Å². The van der Waals surface area contributed by atoms with E-state index in [1.165, 1.54) is 0 Å². The maximum absolute atomic E-state index is 14.1. The number of nitrogens with one attached hydrogen (secondary N) is 1. The van der Waals surface area contributed by atoms with Crippen molar-refractivity contribution in [2.75, 3.05) is 18.0 Å².